The summed E-state index contributed by atoms with van der Waals surface area (Å²) in [4.78, 5) is 0. The van der Waals surface area contributed by atoms with Crippen molar-refractivity contribution in [3.8, 4) is 0 Å². The average molecular weight is 253 g/mol. The Kier molecular flexibility index (Phi) is 3.24. The molecule has 2 rings (SSSR count). The van der Waals surface area contributed by atoms with Crippen molar-refractivity contribution in [1.82, 2.24) is 19.6 Å². The van der Waals surface area contributed by atoms with Crippen LogP contribution in [-0.2, 0) is 13.6 Å². The standard InChI is InChI=1S/C12H17ClN4/c1-8(13)12-9(2)15-17(10(12)3)7-11-5-14-16(4)6-11/h5-6,8H,7H2,1-4H3. The second-order valence-corrected chi connectivity index (χ2v) is 5.04. The molecule has 5 heteroatoms. The van der Waals surface area contributed by atoms with Crippen molar-refractivity contribution in [2.24, 2.45) is 7.05 Å². The molecule has 0 aliphatic carbocycles. The van der Waals surface area contributed by atoms with Gasteiger partial charge in [-0.2, -0.15) is 10.2 Å². The lowest BCUT2D eigenvalue weighted by molar-refractivity contribution is 0.657. The molecule has 0 spiro atoms. The van der Waals surface area contributed by atoms with Crippen LogP contribution in [-0.4, -0.2) is 19.6 Å². The van der Waals surface area contributed by atoms with Gasteiger partial charge in [-0.25, -0.2) is 0 Å². The Labute approximate surface area is 106 Å². The summed E-state index contributed by atoms with van der Waals surface area (Å²) in [7, 11) is 1.91. The van der Waals surface area contributed by atoms with E-state index in [9.17, 15) is 0 Å². The van der Waals surface area contributed by atoms with Gasteiger partial charge in [0.15, 0.2) is 0 Å². The van der Waals surface area contributed by atoms with Crippen LogP contribution in [0.2, 0.25) is 0 Å². The van der Waals surface area contributed by atoms with Gasteiger partial charge in [-0.05, 0) is 20.8 Å². The summed E-state index contributed by atoms with van der Waals surface area (Å²) in [5.74, 6) is 0. The first-order valence-corrected chi connectivity index (χ1v) is 6.08. The van der Waals surface area contributed by atoms with Crippen molar-refractivity contribution in [1.29, 1.82) is 0 Å². The minimum atomic E-state index is -0.00218. The lowest BCUT2D eigenvalue weighted by atomic mass is 10.1. The van der Waals surface area contributed by atoms with Crippen LogP contribution in [0.4, 0.5) is 0 Å². The molecule has 92 valence electrons. The van der Waals surface area contributed by atoms with E-state index in [0.717, 1.165) is 29.1 Å². The van der Waals surface area contributed by atoms with E-state index < -0.39 is 0 Å². The fourth-order valence-electron chi connectivity index (χ4n) is 2.17. The maximum absolute atomic E-state index is 6.16. The Morgan fingerprint density at radius 2 is 2.12 bits per heavy atom. The zero-order valence-electron chi connectivity index (χ0n) is 10.6. The van der Waals surface area contributed by atoms with Gasteiger partial charge in [0.25, 0.3) is 0 Å². The maximum Gasteiger partial charge on any atom is 0.0693 e. The van der Waals surface area contributed by atoms with Crippen molar-refractivity contribution >= 4 is 11.6 Å². The molecular formula is C12H17ClN4. The van der Waals surface area contributed by atoms with Crippen molar-refractivity contribution < 1.29 is 0 Å². The van der Waals surface area contributed by atoms with E-state index in [-0.39, 0.29) is 5.38 Å². The van der Waals surface area contributed by atoms with Crippen LogP contribution in [0.3, 0.4) is 0 Å². The van der Waals surface area contributed by atoms with Gasteiger partial charge in [-0.1, -0.05) is 0 Å². The third-order valence-corrected chi connectivity index (χ3v) is 3.14. The number of alkyl halides is 1. The molecule has 1 unspecified atom stereocenters. The minimum absolute atomic E-state index is 0.00218. The maximum atomic E-state index is 6.16. The quantitative estimate of drug-likeness (QED) is 0.787. The molecule has 0 N–H and O–H groups in total. The molecule has 0 amide bonds. The third-order valence-electron chi connectivity index (χ3n) is 2.93. The summed E-state index contributed by atoms with van der Waals surface area (Å²) in [5.41, 5.74) is 4.42. The monoisotopic (exact) mass is 252 g/mol. The summed E-state index contributed by atoms with van der Waals surface area (Å²) < 4.78 is 3.78. The van der Waals surface area contributed by atoms with E-state index >= 15 is 0 Å². The van der Waals surface area contributed by atoms with E-state index in [1.807, 2.05) is 38.0 Å². The van der Waals surface area contributed by atoms with Gasteiger partial charge in [0, 0.05) is 30.1 Å². The third kappa shape index (κ3) is 2.36. The molecule has 0 saturated heterocycles. The Morgan fingerprint density at radius 3 is 2.59 bits per heavy atom. The van der Waals surface area contributed by atoms with E-state index in [1.54, 1.807) is 4.68 Å². The van der Waals surface area contributed by atoms with Crippen molar-refractivity contribution in [2.75, 3.05) is 0 Å². The number of nitrogens with zero attached hydrogens (tertiary/aromatic N) is 4. The molecule has 0 aliphatic rings. The van der Waals surface area contributed by atoms with Gasteiger partial charge in [0.1, 0.15) is 0 Å². The lowest BCUT2D eigenvalue weighted by Gasteiger charge is -2.05. The summed E-state index contributed by atoms with van der Waals surface area (Å²) in [6.07, 6.45) is 3.86. The summed E-state index contributed by atoms with van der Waals surface area (Å²) in [5, 5.41) is 8.69. The van der Waals surface area contributed by atoms with Crippen LogP contribution >= 0.6 is 11.6 Å². The fourth-order valence-corrected chi connectivity index (χ4v) is 2.48. The molecule has 0 aromatic carbocycles. The lowest BCUT2D eigenvalue weighted by Crippen LogP contribution is -2.03. The Morgan fingerprint density at radius 1 is 1.41 bits per heavy atom. The predicted molar refractivity (Wildman–Crippen MR) is 68.3 cm³/mol. The summed E-state index contributed by atoms with van der Waals surface area (Å²) in [6.45, 7) is 6.78. The van der Waals surface area contributed by atoms with Crippen LogP contribution in [0.15, 0.2) is 12.4 Å². The zero-order valence-corrected chi connectivity index (χ0v) is 11.4. The average Bonchev–Trinajstić information content (AvgIpc) is 2.73. The van der Waals surface area contributed by atoms with Crippen LogP contribution < -0.4 is 0 Å². The van der Waals surface area contributed by atoms with E-state index in [2.05, 4.69) is 17.1 Å². The molecule has 0 fully saturated rings. The van der Waals surface area contributed by atoms with Crippen molar-refractivity contribution in [3.63, 3.8) is 0 Å². The topological polar surface area (TPSA) is 35.6 Å². The summed E-state index contributed by atoms with van der Waals surface area (Å²) >= 11 is 6.16. The smallest absolute Gasteiger partial charge is 0.0693 e. The molecule has 4 nitrogen and oxygen atoms in total. The number of rotatable bonds is 3. The number of halogens is 1. The van der Waals surface area contributed by atoms with Crippen LogP contribution in [0.1, 0.15) is 34.8 Å². The molecule has 0 saturated carbocycles. The highest BCUT2D eigenvalue weighted by molar-refractivity contribution is 6.20. The van der Waals surface area contributed by atoms with Gasteiger partial charge >= 0.3 is 0 Å². The number of hydrogen-bond acceptors (Lipinski definition) is 2. The highest BCUT2D eigenvalue weighted by Crippen LogP contribution is 2.26. The largest absolute Gasteiger partial charge is 0.275 e. The van der Waals surface area contributed by atoms with Gasteiger partial charge in [-0.3, -0.25) is 9.36 Å². The van der Waals surface area contributed by atoms with E-state index in [0.29, 0.717) is 0 Å². The first kappa shape index (κ1) is 12.2. The molecule has 0 bridgehead atoms. The molecular weight excluding hydrogens is 236 g/mol. The first-order valence-electron chi connectivity index (χ1n) is 5.64. The zero-order chi connectivity index (χ0) is 12.6. The SMILES string of the molecule is Cc1nn(Cc2cnn(C)c2)c(C)c1C(C)Cl. The molecule has 2 heterocycles. The van der Waals surface area contributed by atoms with Gasteiger partial charge in [0.2, 0.25) is 0 Å². The fraction of sp³-hybridized carbons (Fsp3) is 0.500. The number of aryl methyl sites for hydroxylation is 2. The Hall–Kier alpha value is -1.29. The Bertz CT molecular complexity index is 525. The second-order valence-electron chi connectivity index (χ2n) is 4.38. The molecule has 1 atom stereocenters. The van der Waals surface area contributed by atoms with E-state index in [1.165, 1.54) is 0 Å². The predicted octanol–water partition coefficient (Wildman–Crippen LogP) is 2.58. The van der Waals surface area contributed by atoms with Crippen LogP contribution in [0, 0.1) is 13.8 Å². The van der Waals surface area contributed by atoms with Crippen molar-refractivity contribution in [3.05, 3.63) is 34.9 Å². The van der Waals surface area contributed by atoms with E-state index in [4.69, 9.17) is 11.6 Å². The molecule has 0 aliphatic heterocycles. The first-order chi connectivity index (χ1) is 7.99. The highest BCUT2D eigenvalue weighted by Gasteiger charge is 2.15. The molecule has 0 radical (unpaired) electrons. The number of aromatic nitrogens is 4. The Balaban J connectivity index is 2.31. The minimum Gasteiger partial charge on any atom is -0.275 e. The van der Waals surface area contributed by atoms with Crippen LogP contribution in [0.5, 0.6) is 0 Å². The van der Waals surface area contributed by atoms with Gasteiger partial charge < -0.3 is 0 Å². The molecule has 2 aromatic heterocycles. The molecule has 2 aromatic rings. The highest BCUT2D eigenvalue weighted by atomic mass is 35.5. The normalized spacial score (nSPS) is 13.0. The van der Waals surface area contributed by atoms with Crippen LogP contribution in [0.25, 0.3) is 0 Å². The van der Waals surface area contributed by atoms with Crippen molar-refractivity contribution in [2.45, 2.75) is 32.7 Å². The second kappa shape index (κ2) is 4.53. The van der Waals surface area contributed by atoms with Gasteiger partial charge in [0.05, 0.1) is 23.8 Å². The number of hydrogen-bond donors (Lipinski definition) is 0. The van der Waals surface area contributed by atoms with Gasteiger partial charge in [-0.15, -0.1) is 11.6 Å². The summed E-state index contributed by atoms with van der Waals surface area (Å²) in [6, 6.07) is 0. The molecule has 17 heavy (non-hydrogen) atoms.